The van der Waals surface area contributed by atoms with Crippen molar-refractivity contribution < 1.29 is 9.59 Å². The van der Waals surface area contributed by atoms with E-state index in [1.165, 1.54) is 21.2 Å². The van der Waals surface area contributed by atoms with Crippen LogP contribution in [-0.2, 0) is 16.9 Å². The molecule has 2 aliphatic rings. The Morgan fingerprint density at radius 2 is 1.47 bits per heavy atom. The van der Waals surface area contributed by atoms with Crippen molar-refractivity contribution in [2.24, 2.45) is 0 Å². The van der Waals surface area contributed by atoms with Gasteiger partial charge in [-0.25, -0.2) is 9.69 Å². The van der Waals surface area contributed by atoms with Gasteiger partial charge in [-0.1, -0.05) is 72.8 Å². The van der Waals surface area contributed by atoms with Crippen LogP contribution in [0.25, 0.3) is 10.8 Å². The summed E-state index contributed by atoms with van der Waals surface area (Å²) in [6.45, 7) is 6.48. The fourth-order valence-corrected chi connectivity index (χ4v) is 4.75. The molecule has 2 fully saturated rings. The molecule has 0 aliphatic carbocycles. The highest BCUT2D eigenvalue weighted by molar-refractivity contribution is 6.07. The first-order chi connectivity index (χ1) is 15.5. The molecule has 0 unspecified atom stereocenters. The zero-order valence-electron chi connectivity index (χ0n) is 18.3. The zero-order chi connectivity index (χ0) is 22.1. The maximum absolute atomic E-state index is 13.1. The second-order valence-corrected chi connectivity index (χ2v) is 8.83. The molecular formula is C26H28N4O2. The van der Waals surface area contributed by atoms with Gasteiger partial charge >= 0.3 is 6.03 Å². The van der Waals surface area contributed by atoms with E-state index in [-0.39, 0.29) is 11.9 Å². The van der Waals surface area contributed by atoms with Crippen molar-refractivity contribution in [2.45, 2.75) is 19.0 Å². The first kappa shape index (κ1) is 20.7. The lowest BCUT2D eigenvalue weighted by atomic mass is 9.92. The van der Waals surface area contributed by atoms with Gasteiger partial charge < -0.3 is 5.32 Å². The number of amides is 3. The summed E-state index contributed by atoms with van der Waals surface area (Å²) in [6.07, 6.45) is 0. The monoisotopic (exact) mass is 428 g/mol. The van der Waals surface area contributed by atoms with E-state index >= 15 is 0 Å². The molecule has 164 valence electrons. The smallest absolute Gasteiger partial charge is 0.319 e. The third-order valence-corrected chi connectivity index (χ3v) is 6.71. The molecule has 2 aliphatic heterocycles. The number of benzene rings is 3. The molecule has 3 aromatic carbocycles. The van der Waals surface area contributed by atoms with Gasteiger partial charge in [0.1, 0.15) is 5.54 Å². The number of hydrogen-bond donors (Lipinski definition) is 1. The summed E-state index contributed by atoms with van der Waals surface area (Å²) in [5.74, 6) is -0.188. The van der Waals surface area contributed by atoms with Crippen LogP contribution < -0.4 is 5.32 Å². The highest BCUT2D eigenvalue weighted by Gasteiger charge is 2.49. The molecule has 2 heterocycles. The van der Waals surface area contributed by atoms with E-state index in [0.29, 0.717) is 6.67 Å². The Morgan fingerprint density at radius 3 is 2.25 bits per heavy atom. The highest BCUT2D eigenvalue weighted by atomic mass is 16.2. The molecule has 0 saturated carbocycles. The van der Waals surface area contributed by atoms with Crippen LogP contribution >= 0.6 is 0 Å². The van der Waals surface area contributed by atoms with Crippen LogP contribution in [0.1, 0.15) is 18.1 Å². The van der Waals surface area contributed by atoms with E-state index in [1.54, 1.807) is 6.92 Å². The van der Waals surface area contributed by atoms with Crippen molar-refractivity contribution in [2.75, 3.05) is 32.8 Å². The summed E-state index contributed by atoms with van der Waals surface area (Å²) < 4.78 is 0. The third kappa shape index (κ3) is 3.76. The van der Waals surface area contributed by atoms with Crippen molar-refractivity contribution in [3.8, 4) is 0 Å². The number of carbonyl (C=O) groups excluding carboxylic acids is 2. The van der Waals surface area contributed by atoms with Crippen LogP contribution in [0.4, 0.5) is 4.79 Å². The van der Waals surface area contributed by atoms with Crippen LogP contribution in [0.15, 0.2) is 72.8 Å². The predicted octanol–water partition coefficient (Wildman–Crippen LogP) is 3.38. The maximum atomic E-state index is 13.1. The number of nitrogens with zero attached hydrogens (tertiary/aromatic N) is 3. The minimum atomic E-state index is -1.01. The lowest BCUT2D eigenvalue weighted by molar-refractivity contribution is -0.132. The summed E-state index contributed by atoms with van der Waals surface area (Å²) in [6, 6.07) is 24.1. The first-order valence-corrected chi connectivity index (χ1v) is 11.2. The van der Waals surface area contributed by atoms with Crippen molar-refractivity contribution in [1.29, 1.82) is 0 Å². The molecular weight excluding hydrogens is 400 g/mol. The van der Waals surface area contributed by atoms with E-state index in [0.717, 1.165) is 38.3 Å². The molecule has 2 saturated heterocycles. The minimum Gasteiger partial charge on any atom is -0.319 e. The summed E-state index contributed by atoms with van der Waals surface area (Å²) in [5, 5.41) is 5.46. The topological polar surface area (TPSA) is 55.9 Å². The summed E-state index contributed by atoms with van der Waals surface area (Å²) in [5.41, 5.74) is 1.14. The molecule has 5 rings (SSSR count). The number of imide groups is 1. The Morgan fingerprint density at radius 1 is 0.812 bits per heavy atom. The second kappa shape index (κ2) is 8.37. The molecule has 32 heavy (non-hydrogen) atoms. The number of carbonyl (C=O) groups is 2. The van der Waals surface area contributed by atoms with E-state index < -0.39 is 5.54 Å². The van der Waals surface area contributed by atoms with Gasteiger partial charge in [0.25, 0.3) is 5.91 Å². The predicted molar refractivity (Wildman–Crippen MR) is 125 cm³/mol. The number of nitrogens with one attached hydrogen (secondary N) is 1. The van der Waals surface area contributed by atoms with Gasteiger partial charge in [-0.05, 0) is 28.8 Å². The van der Waals surface area contributed by atoms with Gasteiger partial charge in [-0.2, -0.15) is 0 Å². The molecule has 6 heteroatoms. The lowest BCUT2D eigenvalue weighted by Crippen LogP contribution is -2.51. The van der Waals surface area contributed by atoms with Gasteiger partial charge in [0, 0.05) is 32.7 Å². The van der Waals surface area contributed by atoms with Crippen molar-refractivity contribution in [1.82, 2.24) is 20.0 Å². The fraction of sp³-hybridized carbons (Fsp3) is 0.308. The molecule has 3 aromatic rings. The molecule has 1 atom stereocenters. The quantitative estimate of drug-likeness (QED) is 0.633. The second-order valence-electron chi connectivity index (χ2n) is 8.83. The summed E-state index contributed by atoms with van der Waals surface area (Å²) in [7, 11) is 0. The number of rotatable bonds is 5. The number of hydrogen-bond acceptors (Lipinski definition) is 4. The van der Waals surface area contributed by atoms with E-state index in [1.807, 2.05) is 30.3 Å². The Kier molecular flexibility index (Phi) is 5.41. The van der Waals surface area contributed by atoms with Crippen LogP contribution in [0.3, 0.4) is 0 Å². The average molecular weight is 429 g/mol. The molecule has 0 radical (unpaired) electrons. The standard InChI is InChI=1S/C26H28N4O2/c1-26(22-11-3-2-4-12-22)24(31)30(25(32)27-26)19-29-16-14-28(15-17-29)18-21-10-7-9-20-8-5-6-13-23(20)21/h2-13H,14-19H2,1H3,(H,27,32)/t26-/m0/s1. The normalized spacial score (nSPS) is 22.5. The van der Waals surface area contributed by atoms with Gasteiger partial charge in [-0.3, -0.25) is 14.6 Å². The van der Waals surface area contributed by atoms with Gasteiger partial charge in [0.2, 0.25) is 0 Å². The highest BCUT2D eigenvalue weighted by Crippen LogP contribution is 2.29. The first-order valence-electron chi connectivity index (χ1n) is 11.2. The van der Waals surface area contributed by atoms with Gasteiger partial charge in [-0.15, -0.1) is 0 Å². The molecule has 0 aromatic heterocycles. The Labute approximate surface area is 188 Å². The SMILES string of the molecule is C[C@@]1(c2ccccc2)NC(=O)N(CN2CCN(Cc3cccc4ccccc34)CC2)C1=O. The van der Waals surface area contributed by atoms with Crippen molar-refractivity contribution >= 4 is 22.7 Å². The Balaban J connectivity index is 1.21. The fourth-order valence-electron chi connectivity index (χ4n) is 4.75. The summed E-state index contributed by atoms with van der Waals surface area (Å²) >= 11 is 0. The maximum Gasteiger partial charge on any atom is 0.326 e. The number of piperazine rings is 1. The summed E-state index contributed by atoms with van der Waals surface area (Å²) in [4.78, 5) is 31.8. The van der Waals surface area contributed by atoms with Crippen LogP contribution in [0, 0.1) is 0 Å². The van der Waals surface area contributed by atoms with Crippen molar-refractivity contribution in [3.63, 3.8) is 0 Å². The van der Waals surface area contributed by atoms with Crippen LogP contribution in [0.2, 0.25) is 0 Å². The van der Waals surface area contributed by atoms with E-state index in [4.69, 9.17) is 0 Å². The minimum absolute atomic E-state index is 0.188. The van der Waals surface area contributed by atoms with Crippen molar-refractivity contribution in [3.05, 3.63) is 83.9 Å². The third-order valence-electron chi connectivity index (χ3n) is 6.71. The molecule has 0 spiro atoms. The molecule has 3 amide bonds. The van der Waals surface area contributed by atoms with E-state index in [2.05, 4.69) is 57.6 Å². The zero-order valence-corrected chi connectivity index (χ0v) is 18.3. The van der Waals surface area contributed by atoms with Gasteiger partial charge in [0.05, 0.1) is 6.67 Å². The Bertz CT molecular complexity index is 1140. The molecule has 1 N–H and O–H groups in total. The number of fused-ring (bicyclic) bond motifs is 1. The number of urea groups is 1. The molecule has 0 bridgehead atoms. The lowest BCUT2D eigenvalue weighted by Gasteiger charge is -2.36. The van der Waals surface area contributed by atoms with Crippen LogP contribution in [0.5, 0.6) is 0 Å². The Hall–Kier alpha value is -3.22. The average Bonchev–Trinajstić information content (AvgIpc) is 3.05. The van der Waals surface area contributed by atoms with E-state index in [9.17, 15) is 9.59 Å². The largest absolute Gasteiger partial charge is 0.326 e. The molecule has 6 nitrogen and oxygen atoms in total. The van der Waals surface area contributed by atoms with Crippen LogP contribution in [-0.4, -0.2) is 59.5 Å². The van der Waals surface area contributed by atoms with Gasteiger partial charge in [0.15, 0.2) is 0 Å².